The van der Waals surface area contributed by atoms with Crippen molar-refractivity contribution in [2.75, 3.05) is 6.54 Å². The van der Waals surface area contributed by atoms with Crippen molar-refractivity contribution in [2.45, 2.75) is 39.5 Å². The topological polar surface area (TPSA) is 24.4 Å². The summed E-state index contributed by atoms with van der Waals surface area (Å²) in [5.41, 5.74) is 2.70. The van der Waals surface area contributed by atoms with Gasteiger partial charge in [0.1, 0.15) is 0 Å². The lowest BCUT2D eigenvalue weighted by Gasteiger charge is -2.21. The van der Waals surface area contributed by atoms with Crippen LogP contribution in [-0.2, 0) is 0 Å². The average Bonchev–Trinajstić information content (AvgIpc) is 2.21. The van der Waals surface area contributed by atoms with E-state index in [0.29, 0.717) is 0 Å². The molecule has 2 nitrogen and oxygen atoms in total. The highest BCUT2D eigenvalue weighted by Crippen LogP contribution is 2.21. The molecule has 12 heavy (non-hydrogen) atoms. The first-order valence-electron chi connectivity index (χ1n) is 4.95. The molecule has 0 amide bonds. The molecule has 1 N–H and O–H groups in total. The lowest BCUT2D eigenvalue weighted by Crippen LogP contribution is -2.22. The fraction of sp³-hybridized carbons (Fsp3) is 0.700. The lowest BCUT2D eigenvalue weighted by molar-refractivity contribution is 0.624. The highest BCUT2D eigenvalue weighted by Gasteiger charge is 2.12. The predicted octanol–water partition coefficient (Wildman–Crippen LogP) is 2.47. The predicted molar refractivity (Wildman–Crippen MR) is 53.3 cm³/mol. The Morgan fingerprint density at radius 1 is 1.33 bits per heavy atom. The van der Waals surface area contributed by atoms with Gasteiger partial charge in [0.15, 0.2) is 0 Å². The summed E-state index contributed by atoms with van der Waals surface area (Å²) in [6.45, 7) is 5.15. The summed E-state index contributed by atoms with van der Waals surface area (Å²) in [6, 6.07) is 0. The van der Waals surface area contributed by atoms with Gasteiger partial charge in [-0.15, -0.1) is 0 Å². The molecule has 0 bridgehead atoms. The second-order valence-electron chi connectivity index (χ2n) is 2.81. The van der Waals surface area contributed by atoms with Crippen molar-refractivity contribution in [1.82, 2.24) is 5.32 Å². The van der Waals surface area contributed by atoms with Crippen LogP contribution in [0.1, 0.15) is 39.5 Å². The molecule has 0 radical (unpaired) electrons. The van der Waals surface area contributed by atoms with Crippen molar-refractivity contribution in [3.8, 4) is 0 Å². The summed E-state index contributed by atoms with van der Waals surface area (Å²) in [7, 11) is 0. The van der Waals surface area contributed by atoms with E-state index < -0.39 is 0 Å². The molecule has 0 aromatic carbocycles. The molecular formula is C10H18N2. The van der Waals surface area contributed by atoms with Gasteiger partial charge in [-0.2, -0.15) is 0 Å². The molecular weight excluding hydrogens is 148 g/mol. The van der Waals surface area contributed by atoms with Crippen molar-refractivity contribution >= 4 is 6.21 Å². The molecule has 0 aromatic heterocycles. The smallest absolute Gasteiger partial charge is 0.0589 e. The molecule has 2 heteroatoms. The molecule has 0 saturated carbocycles. The first kappa shape index (κ1) is 9.30. The molecule has 0 saturated heterocycles. The van der Waals surface area contributed by atoms with Crippen LogP contribution in [0.25, 0.3) is 0 Å². The second kappa shape index (κ2) is 4.96. The highest BCUT2D eigenvalue weighted by molar-refractivity contribution is 5.61. The summed E-state index contributed by atoms with van der Waals surface area (Å²) in [4.78, 5) is 4.34. The molecule has 0 atom stereocenters. The van der Waals surface area contributed by atoms with E-state index in [-0.39, 0.29) is 0 Å². The van der Waals surface area contributed by atoms with E-state index in [1.807, 2.05) is 20.1 Å². The first-order valence-corrected chi connectivity index (χ1v) is 4.95. The van der Waals surface area contributed by atoms with Crippen molar-refractivity contribution in [1.29, 1.82) is 0 Å². The molecule has 0 spiro atoms. The highest BCUT2D eigenvalue weighted by atomic mass is 14.9. The van der Waals surface area contributed by atoms with Gasteiger partial charge in [0, 0.05) is 18.5 Å². The van der Waals surface area contributed by atoms with E-state index in [2.05, 4.69) is 10.3 Å². The molecule has 2 aliphatic heterocycles. The van der Waals surface area contributed by atoms with Gasteiger partial charge < -0.3 is 5.32 Å². The molecule has 0 unspecified atom stereocenters. The molecule has 2 rings (SSSR count). The van der Waals surface area contributed by atoms with Gasteiger partial charge >= 0.3 is 0 Å². The van der Waals surface area contributed by atoms with Crippen LogP contribution >= 0.6 is 0 Å². The minimum absolute atomic E-state index is 1.12. The van der Waals surface area contributed by atoms with E-state index in [9.17, 15) is 0 Å². The average molecular weight is 166 g/mol. The molecule has 2 heterocycles. The number of aliphatic imine (C=N–C) groups is 1. The Labute approximate surface area is 74.8 Å². The monoisotopic (exact) mass is 166 g/mol. The van der Waals surface area contributed by atoms with Gasteiger partial charge in [0.2, 0.25) is 0 Å². The Balaban J connectivity index is 0.000000336. The van der Waals surface area contributed by atoms with Gasteiger partial charge in [-0.3, -0.25) is 4.99 Å². The van der Waals surface area contributed by atoms with Crippen LogP contribution in [-0.4, -0.2) is 12.8 Å². The van der Waals surface area contributed by atoms with Crippen molar-refractivity contribution in [3.63, 3.8) is 0 Å². The number of rotatable bonds is 0. The maximum atomic E-state index is 4.34. The number of allylic oxidation sites excluding steroid dienone is 2. The fourth-order valence-electron chi connectivity index (χ4n) is 1.51. The van der Waals surface area contributed by atoms with Crippen LogP contribution in [0, 0.1) is 0 Å². The van der Waals surface area contributed by atoms with Gasteiger partial charge in [-0.1, -0.05) is 13.8 Å². The molecule has 68 valence electrons. The van der Waals surface area contributed by atoms with E-state index in [1.54, 1.807) is 0 Å². The molecule has 0 aromatic rings. The Kier molecular flexibility index (Phi) is 3.85. The zero-order chi connectivity index (χ0) is 8.81. The fourth-order valence-corrected chi connectivity index (χ4v) is 1.51. The van der Waals surface area contributed by atoms with E-state index in [4.69, 9.17) is 0 Å². The van der Waals surface area contributed by atoms with Gasteiger partial charge in [0.05, 0.1) is 5.70 Å². The Morgan fingerprint density at radius 2 is 2.17 bits per heavy atom. The number of nitrogens with zero attached hydrogens (tertiary/aromatic N) is 1. The number of hydrogen-bond acceptors (Lipinski definition) is 2. The minimum atomic E-state index is 1.12. The zero-order valence-electron chi connectivity index (χ0n) is 8.06. The zero-order valence-corrected chi connectivity index (χ0v) is 8.06. The third-order valence-electron chi connectivity index (χ3n) is 2.05. The Morgan fingerprint density at radius 3 is 2.92 bits per heavy atom. The Hall–Kier alpha value is -0.790. The number of hydrogen-bond donors (Lipinski definition) is 1. The van der Waals surface area contributed by atoms with Crippen molar-refractivity contribution < 1.29 is 0 Å². The lowest BCUT2D eigenvalue weighted by atomic mass is 10.1. The normalized spacial score (nSPS) is 20.5. The SMILES string of the molecule is C1=NC2=C(CC1)NCCC2.CC. The molecule has 2 aliphatic rings. The van der Waals surface area contributed by atoms with Crippen LogP contribution < -0.4 is 5.32 Å². The van der Waals surface area contributed by atoms with E-state index in [1.165, 1.54) is 30.7 Å². The summed E-state index contributed by atoms with van der Waals surface area (Å²) in [5, 5.41) is 3.39. The standard InChI is InChI=1S/C8H12N2.C2H6/c1-3-7-8(9-5-1)4-2-6-10-7;1-2/h5,10H,1-4,6H2;1-2H3. The van der Waals surface area contributed by atoms with Crippen LogP contribution in [0.3, 0.4) is 0 Å². The minimum Gasteiger partial charge on any atom is -0.387 e. The van der Waals surface area contributed by atoms with Gasteiger partial charge in [0.25, 0.3) is 0 Å². The van der Waals surface area contributed by atoms with Gasteiger partial charge in [-0.25, -0.2) is 0 Å². The molecule has 0 fully saturated rings. The maximum absolute atomic E-state index is 4.34. The summed E-state index contributed by atoms with van der Waals surface area (Å²) in [6.07, 6.45) is 6.76. The van der Waals surface area contributed by atoms with Crippen LogP contribution in [0.5, 0.6) is 0 Å². The van der Waals surface area contributed by atoms with E-state index >= 15 is 0 Å². The largest absolute Gasteiger partial charge is 0.387 e. The summed E-state index contributed by atoms with van der Waals surface area (Å²) in [5.74, 6) is 0. The summed E-state index contributed by atoms with van der Waals surface area (Å²) >= 11 is 0. The van der Waals surface area contributed by atoms with Crippen LogP contribution in [0.4, 0.5) is 0 Å². The van der Waals surface area contributed by atoms with Crippen LogP contribution in [0.2, 0.25) is 0 Å². The quantitative estimate of drug-likeness (QED) is 0.587. The maximum Gasteiger partial charge on any atom is 0.0589 e. The second-order valence-corrected chi connectivity index (χ2v) is 2.81. The molecule has 0 aliphatic carbocycles. The van der Waals surface area contributed by atoms with Crippen molar-refractivity contribution in [3.05, 3.63) is 11.4 Å². The van der Waals surface area contributed by atoms with Crippen LogP contribution in [0.15, 0.2) is 16.4 Å². The summed E-state index contributed by atoms with van der Waals surface area (Å²) < 4.78 is 0. The van der Waals surface area contributed by atoms with E-state index in [0.717, 1.165) is 13.0 Å². The first-order chi connectivity index (χ1) is 5.97. The van der Waals surface area contributed by atoms with Crippen molar-refractivity contribution in [2.24, 2.45) is 4.99 Å². The Bertz CT molecular complexity index is 192. The third-order valence-corrected chi connectivity index (χ3v) is 2.05. The third kappa shape index (κ3) is 2.10. The number of nitrogens with one attached hydrogen (secondary N) is 1. The van der Waals surface area contributed by atoms with Gasteiger partial charge in [-0.05, 0) is 25.7 Å².